The van der Waals surface area contributed by atoms with E-state index in [2.05, 4.69) is 29.4 Å². The van der Waals surface area contributed by atoms with Gasteiger partial charge in [-0.15, -0.1) is 5.10 Å². The van der Waals surface area contributed by atoms with Crippen LogP contribution in [0.1, 0.15) is 38.3 Å². The predicted octanol–water partition coefficient (Wildman–Crippen LogP) is 2.73. The molecule has 0 aliphatic rings. The first-order valence-corrected chi connectivity index (χ1v) is 6.42. The molecule has 2 rings (SSSR count). The van der Waals surface area contributed by atoms with Gasteiger partial charge in [0.25, 0.3) is 0 Å². The number of tetrazole rings is 1. The Labute approximate surface area is 111 Å². The molecule has 0 aliphatic heterocycles. The summed E-state index contributed by atoms with van der Waals surface area (Å²) < 4.78 is 15.9. The normalized spacial score (nSPS) is 11.2. The number of aromatic nitrogens is 4. The van der Waals surface area contributed by atoms with Gasteiger partial charge in [-0.2, -0.15) is 0 Å². The second-order valence-corrected chi connectivity index (χ2v) is 4.62. The van der Waals surface area contributed by atoms with Gasteiger partial charge in [-0.1, -0.05) is 13.8 Å². The third-order valence-electron chi connectivity index (χ3n) is 3.30. The zero-order valence-corrected chi connectivity index (χ0v) is 11.4. The Morgan fingerprint density at radius 3 is 2.63 bits per heavy atom. The number of aryl methyl sites for hydroxylation is 1. The van der Waals surface area contributed by atoms with Crippen LogP contribution >= 0.6 is 0 Å². The summed E-state index contributed by atoms with van der Waals surface area (Å²) in [5.74, 6) is 0.109. The van der Waals surface area contributed by atoms with Gasteiger partial charge >= 0.3 is 0 Å². The summed E-state index contributed by atoms with van der Waals surface area (Å²) in [4.78, 5) is 0. The predicted molar refractivity (Wildman–Crippen MR) is 72.0 cm³/mol. The van der Waals surface area contributed by atoms with Crippen LogP contribution in [0.25, 0.3) is 11.4 Å². The topological polar surface area (TPSA) is 69.6 Å². The molecule has 6 heteroatoms. The molecule has 1 aromatic carbocycles. The van der Waals surface area contributed by atoms with E-state index in [9.17, 15) is 4.39 Å². The molecule has 2 aromatic rings. The lowest BCUT2D eigenvalue weighted by atomic mass is 10.1. The minimum absolute atomic E-state index is 0.158. The Kier molecular flexibility index (Phi) is 3.78. The molecular formula is C13H18FN5. The number of nitrogens with zero attached hydrogens (tertiary/aromatic N) is 4. The lowest BCUT2D eigenvalue weighted by Crippen LogP contribution is -2.11. The van der Waals surface area contributed by atoms with Gasteiger partial charge in [0, 0.05) is 5.69 Å². The van der Waals surface area contributed by atoms with Crippen LogP contribution in [0.3, 0.4) is 0 Å². The number of halogens is 1. The molecule has 5 nitrogen and oxygen atoms in total. The average molecular weight is 263 g/mol. The minimum atomic E-state index is -0.323. The van der Waals surface area contributed by atoms with Crippen molar-refractivity contribution in [2.24, 2.45) is 0 Å². The quantitative estimate of drug-likeness (QED) is 0.861. The molecular weight excluding hydrogens is 245 g/mol. The number of anilines is 1. The maximum atomic E-state index is 14.2. The van der Waals surface area contributed by atoms with Gasteiger partial charge in [-0.05, 0) is 47.9 Å². The fourth-order valence-electron chi connectivity index (χ4n) is 2.21. The molecule has 102 valence electrons. The van der Waals surface area contributed by atoms with Gasteiger partial charge in [-0.3, -0.25) is 0 Å². The minimum Gasteiger partial charge on any atom is -0.399 e. The van der Waals surface area contributed by atoms with E-state index < -0.39 is 0 Å². The molecule has 0 spiro atoms. The Morgan fingerprint density at radius 2 is 2.00 bits per heavy atom. The Bertz CT molecular complexity index is 574. The molecule has 0 saturated carbocycles. The standard InChI is InChI=1S/C13H18FN5/c1-4-10(5-2)19-13(16-17-18-19)11-7-9(15)6-8(3)12(11)14/h6-7,10H,4-5,15H2,1-3H3. The van der Waals surface area contributed by atoms with Crippen molar-refractivity contribution in [2.75, 3.05) is 5.73 Å². The van der Waals surface area contributed by atoms with Crippen LogP contribution in [0.5, 0.6) is 0 Å². The van der Waals surface area contributed by atoms with Crippen molar-refractivity contribution in [3.8, 4) is 11.4 Å². The summed E-state index contributed by atoms with van der Waals surface area (Å²) in [7, 11) is 0. The Morgan fingerprint density at radius 1 is 1.32 bits per heavy atom. The zero-order chi connectivity index (χ0) is 14.0. The van der Waals surface area contributed by atoms with Crippen LogP contribution in [-0.2, 0) is 0 Å². The molecule has 0 atom stereocenters. The third-order valence-corrected chi connectivity index (χ3v) is 3.30. The first-order valence-electron chi connectivity index (χ1n) is 6.42. The smallest absolute Gasteiger partial charge is 0.185 e. The number of rotatable bonds is 4. The second kappa shape index (κ2) is 5.34. The van der Waals surface area contributed by atoms with Gasteiger partial charge < -0.3 is 5.73 Å². The fraction of sp³-hybridized carbons (Fsp3) is 0.462. The molecule has 19 heavy (non-hydrogen) atoms. The molecule has 0 radical (unpaired) electrons. The maximum Gasteiger partial charge on any atom is 0.185 e. The van der Waals surface area contributed by atoms with Crippen molar-refractivity contribution in [1.29, 1.82) is 0 Å². The molecule has 1 heterocycles. The van der Waals surface area contributed by atoms with Crippen LogP contribution in [0, 0.1) is 12.7 Å². The summed E-state index contributed by atoms with van der Waals surface area (Å²) in [6, 6.07) is 3.34. The van der Waals surface area contributed by atoms with Crippen molar-refractivity contribution < 1.29 is 4.39 Å². The molecule has 0 aliphatic carbocycles. The van der Waals surface area contributed by atoms with Gasteiger partial charge in [-0.25, -0.2) is 9.07 Å². The van der Waals surface area contributed by atoms with Crippen LogP contribution in [-0.4, -0.2) is 20.2 Å². The van der Waals surface area contributed by atoms with Crippen molar-refractivity contribution >= 4 is 5.69 Å². The number of hydrogen-bond acceptors (Lipinski definition) is 4. The van der Waals surface area contributed by atoms with E-state index in [0.717, 1.165) is 12.8 Å². The van der Waals surface area contributed by atoms with Crippen molar-refractivity contribution in [3.05, 3.63) is 23.5 Å². The van der Waals surface area contributed by atoms with Gasteiger partial charge in [0.05, 0.1) is 11.6 Å². The van der Waals surface area contributed by atoms with Crippen LogP contribution in [0.15, 0.2) is 12.1 Å². The van der Waals surface area contributed by atoms with E-state index in [0.29, 0.717) is 22.6 Å². The number of hydrogen-bond donors (Lipinski definition) is 1. The van der Waals surface area contributed by atoms with E-state index in [1.54, 1.807) is 23.7 Å². The van der Waals surface area contributed by atoms with E-state index >= 15 is 0 Å². The van der Waals surface area contributed by atoms with Crippen molar-refractivity contribution in [2.45, 2.75) is 39.7 Å². The molecule has 0 unspecified atom stereocenters. The van der Waals surface area contributed by atoms with Crippen molar-refractivity contribution in [1.82, 2.24) is 20.2 Å². The third kappa shape index (κ3) is 2.43. The van der Waals surface area contributed by atoms with Crippen LogP contribution in [0.2, 0.25) is 0 Å². The summed E-state index contributed by atoms with van der Waals surface area (Å²) in [6.45, 7) is 5.79. The number of nitrogens with two attached hydrogens (primary N) is 1. The van der Waals surface area contributed by atoms with Gasteiger partial charge in [0.15, 0.2) is 5.82 Å². The van der Waals surface area contributed by atoms with E-state index in [1.807, 2.05) is 0 Å². The first kappa shape index (κ1) is 13.5. The molecule has 0 saturated heterocycles. The van der Waals surface area contributed by atoms with E-state index in [1.165, 1.54) is 0 Å². The molecule has 2 N–H and O–H groups in total. The number of benzene rings is 1. The Balaban J connectivity index is 2.57. The monoisotopic (exact) mass is 263 g/mol. The fourth-order valence-corrected chi connectivity index (χ4v) is 2.21. The summed E-state index contributed by atoms with van der Waals surface area (Å²) in [6.07, 6.45) is 1.77. The summed E-state index contributed by atoms with van der Waals surface area (Å²) in [5.41, 5.74) is 7.14. The highest BCUT2D eigenvalue weighted by molar-refractivity contribution is 5.63. The van der Waals surface area contributed by atoms with Crippen LogP contribution in [0.4, 0.5) is 10.1 Å². The number of nitrogen functional groups attached to an aromatic ring is 1. The lowest BCUT2D eigenvalue weighted by molar-refractivity contribution is 0.421. The van der Waals surface area contributed by atoms with Crippen LogP contribution < -0.4 is 5.73 Å². The zero-order valence-electron chi connectivity index (χ0n) is 11.4. The largest absolute Gasteiger partial charge is 0.399 e. The highest BCUT2D eigenvalue weighted by Gasteiger charge is 2.19. The Hall–Kier alpha value is -1.98. The first-order chi connectivity index (χ1) is 9.08. The maximum absolute atomic E-state index is 14.2. The van der Waals surface area contributed by atoms with E-state index in [-0.39, 0.29) is 11.9 Å². The highest BCUT2D eigenvalue weighted by Crippen LogP contribution is 2.28. The summed E-state index contributed by atoms with van der Waals surface area (Å²) in [5, 5.41) is 11.6. The SMILES string of the molecule is CCC(CC)n1nnnc1-c1cc(N)cc(C)c1F. The average Bonchev–Trinajstić information content (AvgIpc) is 2.84. The molecule has 0 bridgehead atoms. The van der Waals surface area contributed by atoms with Crippen molar-refractivity contribution in [3.63, 3.8) is 0 Å². The second-order valence-electron chi connectivity index (χ2n) is 4.62. The van der Waals surface area contributed by atoms with Gasteiger partial charge in [0.2, 0.25) is 0 Å². The van der Waals surface area contributed by atoms with Gasteiger partial charge in [0.1, 0.15) is 5.82 Å². The highest BCUT2D eigenvalue weighted by atomic mass is 19.1. The molecule has 0 fully saturated rings. The summed E-state index contributed by atoms with van der Waals surface area (Å²) >= 11 is 0. The lowest BCUT2D eigenvalue weighted by Gasteiger charge is -2.15. The molecule has 1 aromatic heterocycles. The van der Waals surface area contributed by atoms with E-state index in [4.69, 9.17) is 5.73 Å². The molecule has 0 amide bonds.